The van der Waals surface area contributed by atoms with Gasteiger partial charge in [0.2, 0.25) is 11.8 Å². The zero-order chi connectivity index (χ0) is 46.0. The summed E-state index contributed by atoms with van der Waals surface area (Å²) in [5.74, 6) is -3.23. The van der Waals surface area contributed by atoms with Crippen molar-refractivity contribution in [3.63, 3.8) is 0 Å². The quantitative estimate of drug-likeness (QED) is 0.150. The molecule has 0 saturated heterocycles. The first kappa shape index (κ1) is 49.4. The third-order valence-electron chi connectivity index (χ3n) is 8.66. The van der Waals surface area contributed by atoms with Gasteiger partial charge >= 0.3 is 18.5 Å². The predicted octanol–water partition coefficient (Wildman–Crippen LogP) is 8.73. The summed E-state index contributed by atoms with van der Waals surface area (Å²) < 4.78 is 167. The molecule has 330 valence electrons. The minimum Gasteiger partial charge on any atom is -0.310 e. The van der Waals surface area contributed by atoms with Crippen LogP contribution in [0.3, 0.4) is 0 Å². The minimum absolute atomic E-state index is 0.273. The van der Waals surface area contributed by atoms with Gasteiger partial charge in [-0.1, -0.05) is 48.5 Å². The summed E-state index contributed by atoms with van der Waals surface area (Å²) in [5, 5.41) is 5.88. The number of nitrogens with one attached hydrogen (secondary N) is 2. The molecule has 2 unspecified atom stereocenters. The van der Waals surface area contributed by atoms with Gasteiger partial charge in [-0.2, -0.15) is 44.6 Å². The second kappa shape index (κ2) is 17.9. The Hall–Kier alpha value is -4.99. The van der Waals surface area contributed by atoms with Gasteiger partial charge in [-0.05, 0) is 72.5 Å². The number of hydrogen-bond acceptors (Lipinski definition) is 8. The number of amides is 2. The summed E-state index contributed by atoms with van der Waals surface area (Å²) in [4.78, 5) is 28.1. The fraction of sp³-hybridized carbons (Fsp3) is 0.421. The molecule has 0 aliphatic heterocycles. The van der Waals surface area contributed by atoms with Gasteiger partial charge in [0.05, 0.1) is 32.2 Å². The van der Waals surface area contributed by atoms with Crippen molar-refractivity contribution >= 4 is 43.1 Å². The summed E-state index contributed by atoms with van der Waals surface area (Å²) in [6.45, 7) is 11.8. The lowest BCUT2D eigenvalue weighted by molar-refractivity contribution is -0.138. The molecule has 4 aromatic rings. The molecular weight excluding hydrogens is 858 g/mol. The van der Waals surface area contributed by atoms with Gasteiger partial charge in [-0.3, -0.25) is 14.3 Å². The predicted molar refractivity (Wildman–Crippen MR) is 203 cm³/mol. The van der Waals surface area contributed by atoms with Crippen LogP contribution < -0.4 is 10.6 Å². The number of carbonyl (C=O) groups excluding carboxylic acids is 2. The van der Waals surface area contributed by atoms with Crippen LogP contribution in [0.25, 0.3) is 0 Å². The summed E-state index contributed by atoms with van der Waals surface area (Å²) >= 11 is 0. The van der Waals surface area contributed by atoms with Crippen molar-refractivity contribution < 1.29 is 65.9 Å². The number of nitrogens with zero attached hydrogens (tertiary/aromatic N) is 3. The lowest BCUT2D eigenvalue weighted by Gasteiger charge is -2.21. The van der Waals surface area contributed by atoms with Crippen molar-refractivity contribution in [2.24, 2.45) is 18.9 Å². The minimum atomic E-state index is -4.66. The fourth-order valence-corrected chi connectivity index (χ4v) is 9.28. The number of anilines is 2. The van der Waals surface area contributed by atoms with E-state index in [9.17, 15) is 65.9 Å². The van der Waals surface area contributed by atoms with Crippen LogP contribution in [0.2, 0.25) is 0 Å². The monoisotopic (exact) mass is 899 g/mol. The Morgan fingerprint density at radius 3 is 1.27 bits per heavy atom. The lowest BCUT2D eigenvalue weighted by atomic mass is 9.92. The average Bonchev–Trinajstić information content (AvgIpc) is 3.47. The first-order valence-corrected chi connectivity index (χ1v) is 20.8. The molecule has 2 atom stereocenters. The van der Waals surface area contributed by atoms with Gasteiger partial charge in [0.15, 0.2) is 19.7 Å². The Labute approximate surface area is 340 Å². The molecule has 22 heteroatoms. The second-order valence-corrected chi connectivity index (χ2v) is 19.3. The number of halogens is 9. The Morgan fingerprint density at radius 2 is 0.967 bits per heavy atom. The molecule has 2 aromatic heterocycles. The number of pyridine rings is 1. The van der Waals surface area contributed by atoms with Crippen LogP contribution in [0.1, 0.15) is 70.9 Å². The molecule has 2 N–H and O–H groups in total. The van der Waals surface area contributed by atoms with E-state index in [4.69, 9.17) is 0 Å². The van der Waals surface area contributed by atoms with Gasteiger partial charge in [0.1, 0.15) is 22.1 Å². The molecule has 0 fully saturated rings. The van der Waals surface area contributed by atoms with E-state index in [0.29, 0.717) is 48.0 Å². The number of rotatable bonds is 10. The average molecular weight is 900 g/mol. The van der Waals surface area contributed by atoms with Gasteiger partial charge in [0, 0.05) is 24.7 Å². The molecule has 0 bridgehead atoms. The Morgan fingerprint density at radius 1 is 0.600 bits per heavy atom. The highest BCUT2D eigenvalue weighted by atomic mass is 32.2. The van der Waals surface area contributed by atoms with Crippen LogP contribution in [0.5, 0.6) is 0 Å². The normalized spacial score (nSPS) is 14.0. The molecule has 0 spiro atoms. The summed E-state index contributed by atoms with van der Waals surface area (Å²) in [7, 11) is -7.00. The van der Waals surface area contributed by atoms with E-state index >= 15 is 0 Å². The second-order valence-electron chi connectivity index (χ2n) is 15.2. The number of carbonyl (C=O) groups is 2. The van der Waals surface area contributed by atoms with E-state index in [1.165, 1.54) is 18.5 Å². The molecule has 11 nitrogen and oxygen atoms in total. The SMILES string of the molecule is CC(C)C(C(=O)Nc1cc(C(C)(C)C)nn1C)S(=O)(=O)c1ccc(C(F)(F)F)cc1.CC(C)C(C(=O)Nc1ccc(C(F)(F)F)cn1)S(=O)(=O)c1ccc(C(F)(F)F)cc1. The molecule has 2 aromatic carbocycles. The summed E-state index contributed by atoms with van der Waals surface area (Å²) in [6.07, 6.45) is -13.4. The maximum atomic E-state index is 13.1. The van der Waals surface area contributed by atoms with E-state index in [1.54, 1.807) is 27.0 Å². The molecule has 0 saturated carbocycles. The van der Waals surface area contributed by atoms with E-state index < -0.39 is 93.9 Å². The highest BCUT2D eigenvalue weighted by Gasteiger charge is 2.40. The molecule has 0 radical (unpaired) electrons. The van der Waals surface area contributed by atoms with Crippen LogP contribution >= 0.6 is 0 Å². The highest BCUT2D eigenvalue weighted by molar-refractivity contribution is 7.93. The number of hydrogen-bond donors (Lipinski definition) is 2. The van der Waals surface area contributed by atoms with E-state index in [1.807, 2.05) is 20.8 Å². The Bertz CT molecular complexity index is 2350. The van der Waals surface area contributed by atoms with E-state index in [-0.39, 0.29) is 16.1 Å². The van der Waals surface area contributed by atoms with Gasteiger partial charge < -0.3 is 10.6 Å². The summed E-state index contributed by atoms with van der Waals surface area (Å²) in [5.41, 5.74) is -2.63. The first-order chi connectivity index (χ1) is 27.2. The summed E-state index contributed by atoms with van der Waals surface area (Å²) in [6, 6.07) is 9.00. The van der Waals surface area contributed by atoms with E-state index in [0.717, 1.165) is 30.3 Å². The van der Waals surface area contributed by atoms with Crippen LogP contribution in [-0.4, -0.2) is 53.9 Å². The Kier molecular flexibility index (Phi) is 14.8. The third-order valence-corrected chi connectivity index (χ3v) is 13.4. The van der Waals surface area contributed by atoms with Crippen LogP contribution in [0, 0.1) is 11.8 Å². The van der Waals surface area contributed by atoms with Crippen molar-refractivity contribution in [1.82, 2.24) is 14.8 Å². The fourth-order valence-electron chi connectivity index (χ4n) is 5.55. The van der Waals surface area contributed by atoms with Crippen molar-refractivity contribution in [1.29, 1.82) is 0 Å². The third kappa shape index (κ3) is 12.1. The molecule has 2 amide bonds. The zero-order valence-corrected chi connectivity index (χ0v) is 34.9. The van der Waals surface area contributed by atoms with Crippen molar-refractivity contribution in [3.05, 3.63) is 95.3 Å². The number of alkyl halides is 9. The van der Waals surface area contributed by atoms with E-state index in [2.05, 4.69) is 20.7 Å². The van der Waals surface area contributed by atoms with Crippen molar-refractivity contribution in [2.75, 3.05) is 10.6 Å². The van der Waals surface area contributed by atoms with Crippen molar-refractivity contribution in [2.45, 2.75) is 92.7 Å². The highest BCUT2D eigenvalue weighted by Crippen LogP contribution is 2.34. The number of benzene rings is 2. The first-order valence-electron chi connectivity index (χ1n) is 17.7. The maximum absolute atomic E-state index is 13.1. The largest absolute Gasteiger partial charge is 0.417 e. The number of aryl methyl sites for hydroxylation is 1. The molecular formula is C38H42F9N5O6S2. The van der Waals surface area contributed by atoms with Gasteiger partial charge in [0.25, 0.3) is 0 Å². The standard InChI is InChI=1S/C20H26F3N3O3S.C18H16F6N2O3S/c1-12(2)17(18(27)24-16-11-15(19(3,4)5)25-26(16)6)30(28,29)14-9-7-13(8-10-14)20(21,22)23;1-10(2)15(16(27)26-14-8-5-12(9-25-14)18(22,23)24)30(28,29)13-6-3-11(4-7-13)17(19,20)21/h7-12,17H,1-6H3,(H,24,27);3-10,15H,1-2H3,(H,25,26,27). The lowest BCUT2D eigenvalue weighted by Crippen LogP contribution is -2.39. The van der Waals surface area contributed by atoms with Crippen molar-refractivity contribution in [3.8, 4) is 0 Å². The zero-order valence-electron chi connectivity index (χ0n) is 33.2. The molecule has 60 heavy (non-hydrogen) atoms. The molecule has 0 aliphatic carbocycles. The van der Waals surface area contributed by atoms with Crippen LogP contribution in [0.15, 0.2) is 82.7 Å². The number of sulfone groups is 2. The molecule has 2 heterocycles. The topological polar surface area (TPSA) is 157 Å². The number of aromatic nitrogens is 3. The van der Waals surface area contributed by atoms with Crippen LogP contribution in [0.4, 0.5) is 51.1 Å². The van der Waals surface area contributed by atoms with Crippen LogP contribution in [-0.2, 0) is 60.3 Å². The van der Waals surface area contributed by atoms with Gasteiger partial charge in [-0.15, -0.1) is 0 Å². The van der Waals surface area contributed by atoms with Gasteiger partial charge in [-0.25, -0.2) is 21.8 Å². The smallest absolute Gasteiger partial charge is 0.310 e. The molecule has 0 aliphatic rings. The molecule has 4 rings (SSSR count). The maximum Gasteiger partial charge on any atom is 0.417 e. The Balaban J connectivity index is 0.000000320.